The van der Waals surface area contributed by atoms with E-state index in [1.54, 1.807) is 19.4 Å². The van der Waals surface area contributed by atoms with Gasteiger partial charge in [-0.25, -0.2) is 4.98 Å². The molecule has 0 spiro atoms. The Morgan fingerprint density at radius 1 is 1.50 bits per heavy atom. The normalized spacial score (nSPS) is 17.8. The second-order valence-electron chi connectivity index (χ2n) is 5.04. The summed E-state index contributed by atoms with van der Waals surface area (Å²) in [6.07, 6.45) is 4.93. The number of aromatic nitrogens is 3. The minimum Gasteiger partial charge on any atom is -0.377 e. The molecule has 104 valence electrons. The van der Waals surface area contributed by atoms with E-state index in [4.69, 9.17) is 4.74 Å². The van der Waals surface area contributed by atoms with Crippen LogP contribution >= 0.6 is 0 Å². The molecule has 2 aromatic rings. The van der Waals surface area contributed by atoms with Crippen molar-refractivity contribution in [3.63, 3.8) is 0 Å². The minimum absolute atomic E-state index is 0.109. The predicted molar refractivity (Wildman–Crippen MR) is 74.6 cm³/mol. The van der Waals surface area contributed by atoms with E-state index in [1.807, 2.05) is 6.07 Å². The standard InChI is InChI=1S/C15H17N3O2/c1-20-9-13-17-12(8-14(19)18-13)11-6-2-4-10-5-3-7-16-15(10)11/h3,5,7-8,11H,2,4,6,9H2,1H3,(H,17,18,19). The van der Waals surface area contributed by atoms with Gasteiger partial charge in [0.05, 0.1) is 11.4 Å². The van der Waals surface area contributed by atoms with Crippen LogP contribution in [0.2, 0.25) is 0 Å². The van der Waals surface area contributed by atoms with Crippen molar-refractivity contribution in [1.29, 1.82) is 0 Å². The topological polar surface area (TPSA) is 67.9 Å². The molecule has 1 unspecified atom stereocenters. The zero-order valence-electron chi connectivity index (χ0n) is 11.4. The fraction of sp³-hybridized carbons (Fsp3) is 0.400. The first kappa shape index (κ1) is 13.0. The van der Waals surface area contributed by atoms with Gasteiger partial charge < -0.3 is 9.72 Å². The quantitative estimate of drug-likeness (QED) is 0.924. The molecule has 0 aromatic carbocycles. The van der Waals surface area contributed by atoms with E-state index in [1.165, 1.54) is 5.56 Å². The minimum atomic E-state index is -0.134. The average molecular weight is 271 g/mol. The molecule has 1 aliphatic carbocycles. The van der Waals surface area contributed by atoms with E-state index >= 15 is 0 Å². The van der Waals surface area contributed by atoms with Crippen LogP contribution in [0.1, 0.15) is 41.5 Å². The summed E-state index contributed by atoms with van der Waals surface area (Å²) in [5.74, 6) is 0.677. The summed E-state index contributed by atoms with van der Waals surface area (Å²) in [6, 6.07) is 5.65. The van der Waals surface area contributed by atoms with Crippen LogP contribution in [-0.4, -0.2) is 22.1 Å². The monoisotopic (exact) mass is 271 g/mol. The van der Waals surface area contributed by atoms with E-state index in [-0.39, 0.29) is 11.5 Å². The second-order valence-corrected chi connectivity index (χ2v) is 5.04. The van der Waals surface area contributed by atoms with Crippen molar-refractivity contribution >= 4 is 0 Å². The van der Waals surface area contributed by atoms with E-state index in [0.29, 0.717) is 12.4 Å². The Balaban J connectivity index is 2.04. The highest BCUT2D eigenvalue weighted by molar-refractivity contribution is 5.32. The van der Waals surface area contributed by atoms with Crippen LogP contribution in [0, 0.1) is 0 Å². The number of hydrogen-bond acceptors (Lipinski definition) is 4. The van der Waals surface area contributed by atoms with Gasteiger partial charge in [-0.3, -0.25) is 9.78 Å². The molecule has 1 aliphatic rings. The summed E-state index contributed by atoms with van der Waals surface area (Å²) in [5, 5.41) is 0. The Bertz CT molecular complexity index is 666. The summed E-state index contributed by atoms with van der Waals surface area (Å²) >= 11 is 0. The molecule has 0 radical (unpaired) electrons. The molecule has 0 bridgehead atoms. The summed E-state index contributed by atoms with van der Waals surface area (Å²) in [5.41, 5.74) is 2.98. The lowest BCUT2D eigenvalue weighted by molar-refractivity contribution is 0.177. The maximum atomic E-state index is 11.8. The number of nitrogens with one attached hydrogen (secondary N) is 1. The Kier molecular flexibility index (Phi) is 3.60. The molecule has 5 nitrogen and oxygen atoms in total. The number of nitrogens with zero attached hydrogens (tertiary/aromatic N) is 2. The first-order valence-corrected chi connectivity index (χ1v) is 6.81. The van der Waals surface area contributed by atoms with Gasteiger partial charge in [0.25, 0.3) is 5.56 Å². The zero-order valence-corrected chi connectivity index (χ0v) is 11.4. The maximum Gasteiger partial charge on any atom is 0.251 e. The van der Waals surface area contributed by atoms with Crippen molar-refractivity contribution < 1.29 is 4.74 Å². The van der Waals surface area contributed by atoms with Gasteiger partial charge in [-0.1, -0.05) is 6.07 Å². The molecule has 0 saturated heterocycles. The van der Waals surface area contributed by atoms with Crippen LogP contribution in [-0.2, 0) is 17.8 Å². The van der Waals surface area contributed by atoms with Crippen molar-refractivity contribution in [3.8, 4) is 0 Å². The maximum absolute atomic E-state index is 11.8. The number of hydrogen-bond donors (Lipinski definition) is 1. The van der Waals surface area contributed by atoms with Gasteiger partial charge in [0.2, 0.25) is 0 Å². The molecule has 2 aromatic heterocycles. The van der Waals surface area contributed by atoms with Crippen molar-refractivity contribution in [2.75, 3.05) is 7.11 Å². The first-order valence-electron chi connectivity index (χ1n) is 6.81. The Labute approximate surface area is 117 Å². The third-order valence-corrected chi connectivity index (χ3v) is 3.64. The van der Waals surface area contributed by atoms with Crippen molar-refractivity contribution in [1.82, 2.24) is 15.0 Å². The van der Waals surface area contributed by atoms with Crippen LogP contribution in [0.25, 0.3) is 0 Å². The molecule has 20 heavy (non-hydrogen) atoms. The van der Waals surface area contributed by atoms with Crippen molar-refractivity contribution in [3.05, 3.63) is 57.5 Å². The number of pyridine rings is 1. The number of methoxy groups -OCH3 is 1. The van der Waals surface area contributed by atoms with Gasteiger partial charge >= 0.3 is 0 Å². The molecule has 0 aliphatic heterocycles. The van der Waals surface area contributed by atoms with Crippen LogP contribution in [0.3, 0.4) is 0 Å². The smallest absolute Gasteiger partial charge is 0.251 e. The van der Waals surface area contributed by atoms with Gasteiger partial charge in [0.15, 0.2) is 0 Å². The summed E-state index contributed by atoms with van der Waals surface area (Å²) in [4.78, 5) is 23.5. The lowest BCUT2D eigenvalue weighted by Crippen LogP contribution is -2.19. The SMILES string of the molecule is COCc1nc(C2CCCc3cccnc32)cc(=O)[nH]1. The molecular formula is C15H17N3O2. The van der Waals surface area contributed by atoms with Gasteiger partial charge in [-0.05, 0) is 30.9 Å². The average Bonchev–Trinajstić information content (AvgIpc) is 2.46. The molecule has 2 heterocycles. The molecule has 3 rings (SSSR count). The van der Waals surface area contributed by atoms with Crippen LogP contribution in [0.4, 0.5) is 0 Å². The van der Waals surface area contributed by atoms with Crippen LogP contribution in [0.15, 0.2) is 29.2 Å². The highest BCUT2D eigenvalue weighted by Crippen LogP contribution is 2.33. The zero-order chi connectivity index (χ0) is 13.9. The van der Waals surface area contributed by atoms with Gasteiger partial charge in [-0.15, -0.1) is 0 Å². The van der Waals surface area contributed by atoms with Crippen LogP contribution in [0.5, 0.6) is 0 Å². The van der Waals surface area contributed by atoms with E-state index in [2.05, 4.69) is 21.0 Å². The summed E-state index contributed by atoms with van der Waals surface area (Å²) < 4.78 is 5.05. The fourth-order valence-electron chi connectivity index (χ4n) is 2.81. The number of H-pyrrole nitrogens is 1. The summed E-state index contributed by atoms with van der Waals surface area (Å²) in [7, 11) is 1.59. The van der Waals surface area contributed by atoms with Crippen molar-refractivity contribution in [2.45, 2.75) is 31.8 Å². The van der Waals surface area contributed by atoms with Gasteiger partial charge in [0.1, 0.15) is 12.4 Å². The molecule has 0 amide bonds. The second kappa shape index (κ2) is 5.54. The van der Waals surface area contributed by atoms with Crippen LogP contribution < -0.4 is 5.56 Å². The molecule has 1 atom stereocenters. The Morgan fingerprint density at radius 3 is 3.25 bits per heavy atom. The fourth-order valence-corrected chi connectivity index (χ4v) is 2.81. The highest BCUT2D eigenvalue weighted by Gasteiger charge is 2.24. The number of fused-ring (bicyclic) bond motifs is 1. The number of rotatable bonds is 3. The molecule has 5 heteroatoms. The number of ether oxygens (including phenoxy) is 1. The largest absolute Gasteiger partial charge is 0.377 e. The lowest BCUT2D eigenvalue weighted by Gasteiger charge is -2.23. The highest BCUT2D eigenvalue weighted by atomic mass is 16.5. The van der Waals surface area contributed by atoms with Gasteiger partial charge in [0, 0.05) is 25.3 Å². The van der Waals surface area contributed by atoms with E-state index in [9.17, 15) is 4.79 Å². The number of aromatic amines is 1. The lowest BCUT2D eigenvalue weighted by atomic mass is 9.84. The third kappa shape index (κ3) is 2.49. The molecular weight excluding hydrogens is 254 g/mol. The van der Waals surface area contributed by atoms with E-state index < -0.39 is 0 Å². The Morgan fingerprint density at radius 2 is 2.40 bits per heavy atom. The molecule has 0 saturated carbocycles. The number of aryl methyl sites for hydroxylation is 1. The molecule has 0 fully saturated rings. The first-order chi connectivity index (χ1) is 9.78. The summed E-state index contributed by atoms with van der Waals surface area (Å²) in [6.45, 7) is 0.310. The third-order valence-electron chi connectivity index (χ3n) is 3.64. The predicted octanol–water partition coefficient (Wildman–Crippen LogP) is 1.78. The van der Waals surface area contributed by atoms with Gasteiger partial charge in [-0.2, -0.15) is 0 Å². The Hall–Kier alpha value is -2.01. The van der Waals surface area contributed by atoms with E-state index in [0.717, 1.165) is 30.7 Å². The molecule has 1 N–H and O–H groups in total. The van der Waals surface area contributed by atoms with Crippen molar-refractivity contribution in [2.24, 2.45) is 0 Å².